The molecule has 4 nitrogen and oxygen atoms in total. The Morgan fingerprint density at radius 1 is 1.14 bits per heavy atom. The molecule has 2 N–H and O–H groups in total. The molecule has 124 valence electrons. The Bertz CT molecular complexity index is 396. The van der Waals surface area contributed by atoms with Gasteiger partial charge in [0.15, 0.2) is 6.54 Å². The zero-order valence-corrected chi connectivity index (χ0v) is 13.9. The summed E-state index contributed by atoms with van der Waals surface area (Å²) in [4.78, 5) is 13.8. The molecule has 1 aliphatic heterocycles. The van der Waals surface area contributed by atoms with E-state index in [1.54, 1.807) is 0 Å². The van der Waals surface area contributed by atoms with Crippen LogP contribution in [0.4, 0.5) is 0 Å². The molecule has 1 amide bonds. The molecule has 0 spiro atoms. The van der Waals surface area contributed by atoms with E-state index in [-0.39, 0.29) is 5.91 Å². The largest absolute Gasteiger partial charge is 0.370 e. The van der Waals surface area contributed by atoms with Crippen molar-refractivity contribution in [1.82, 2.24) is 5.32 Å². The van der Waals surface area contributed by atoms with Gasteiger partial charge in [0, 0.05) is 6.04 Å². The van der Waals surface area contributed by atoms with Crippen LogP contribution in [0.1, 0.15) is 45.4 Å². The first kappa shape index (κ1) is 14.9. The smallest absolute Gasteiger partial charge is 0.275 e. The van der Waals surface area contributed by atoms with Gasteiger partial charge in [0.25, 0.3) is 5.91 Å². The minimum Gasteiger partial charge on any atom is -0.370 e. The Balaban J connectivity index is 1.35. The van der Waals surface area contributed by atoms with Gasteiger partial charge in [-0.1, -0.05) is 0 Å². The molecule has 0 unspecified atom stereocenters. The summed E-state index contributed by atoms with van der Waals surface area (Å²) in [6, 6.07) is 0.355. The highest BCUT2D eigenvalue weighted by Crippen LogP contribution is 2.61. The predicted molar refractivity (Wildman–Crippen MR) is 84.6 cm³/mol. The highest BCUT2D eigenvalue weighted by Gasteiger charge is 2.53. The molecule has 4 bridgehead atoms. The Morgan fingerprint density at radius 2 is 1.68 bits per heavy atom. The van der Waals surface area contributed by atoms with Crippen molar-refractivity contribution in [3.05, 3.63) is 0 Å². The fourth-order valence-electron chi connectivity index (χ4n) is 6.22. The van der Waals surface area contributed by atoms with Crippen LogP contribution in [0.25, 0.3) is 0 Å². The highest BCUT2D eigenvalue weighted by molar-refractivity contribution is 5.77. The van der Waals surface area contributed by atoms with E-state index in [0.29, 0.717) is 18.0 Å². The molecule has 0 radical (unpaired) electrons. The monoisotopic (exact) mass is 307 g/mol. The maximum atomic E-state index is 12.4. The van der Waals surface area contributed by atoms with Crippen molar-refractivity contribution in [3.63, 3.8) is 0 Å². The molecule has 0 aromatic rings. The second-order valence-corrected chi connectivity index (χ2v) is 8.61. The van der Waals surface area contributed by atoms with Crippen molar-refractivity contribution in [2.75, 3.05) is 32.8 Å². The number of morpholine rings is 1. The third-order valence-corrected chi connectivity index (χ3v) is 6.99. The van der Waals surface area contributed by atoms with E-state index in [9.17, 15) is 4.79 Å². The summed E-state index contributed by atoms with van der Waals surface area (Å²) in [6.07, 6.45) is 8.51. The van der Waals surface area contributed by atoms with Gasteiger partial charge in [-0.05, 0) is 68.6 Å². The number of nitrogens with one attached hydrogen (secondary N) is 2. The molecule has 4 heteroatoms. The minimum absolute atomic E-state index is 0.250. The van der Waals surface area contributed by atoms with Crippen LogP contribution < -0.4 is 10.2 Å². The van der Waals surface area contributed by atoms with Crippen LogP contribution in [0.15, 0.2) is 0 Å². The van der Waals surface area contributed by atoms with E-state index >= 15 is 0 Å². The normalized spacial score (nSPS) is 42.3. The number of rotatable bonds is 4. The number of carbonyl (C=O) groups excluding carboxylic acids is 1. The molecular weight excluding hydrogens is 276 g/mol. The van der Waals surface area contributed by atoms with Gasteiger partial charge in [-0.3, -0.25) is 4.79 Å². The quantitative estimate of drug-likeness (QED) is 0.800. The SMILES string of the molecule is C[C@H](NC(=O)C[NH+]1CCOCC1)C12CC3CC(CC(C3)C1)C2. The van der Waals surface area contributed by atoms with Crippen LogP contribution in [0.2, 0.25) is 0 Å². The molecule has 0 aromatic carbocycles. The summed E-state index contributed by atoms with van der Waals surface area (Å²) >= 11 is 0. The summed E-state index contributed by atoms with van der Waals surface area (Å²) in [5, 5.41) is 3.38. The second kappa shape index (κ2) is 5.79. The van der Waals surface area contributed by atoms with Crippen molar-refractivity contribution in [3.8, 4) is 0 Å². The topological polar surface area (TPSA) is 42.8 Å². The number of carbonyl (C=O) groups is 1. The maximum Gasteiger partial charge on any atom is 0.275 e. The van der Waals surface area contributed by atoms with Gasteiger partial charge in [0.1, 0.15) is 13.1 Å². The molecular formula is C18H31N2O2+. The summed E-state index contributed by atoms with van der Waals surface area (Å²) in [5.74, 6) is 3.11. The van der Waals surface area contributed by atoms with Gasteiger partial charge in [0.2, 0.25) is 0 Å². The zero-order valence-electron chi connectivity index (χ0n) is 13.9. The van der Waals surface area contributed by atoms with E-state index in [4.69, 9.17) is 4.74 Å². The highest BCUT2D eigenvalue weighted by atomic mass is 16.5. The fraction of sp³-hybridized carbons (Fsp3) is 0.944. The van der Waals surface area contributed by atoms with Crippen molar-refractivity contribution < 1.29 is 14.4 Å². The van der Waals surface area contributed by atoms with E-state index in [1.807, 2.05) is 0 Å². The molecule has 4 aliphatic carbocycles. The number of hydrogen-bond donors (Lipinski definition) is 2. The van der Waals surface area contributed by atoms with Crippen LogP contribution in [0.3, 0.4) is 0 Å². The third kappa shape index (κ3) is 2.80. The number of amides is 1. The van der Waals surface area contributed by atoms with Gasteiger partial charge in [-0.25, -0.2) is 0 Å². The van der Waals surface area contributed by atoms with Gasteiger partial charge >= 0.3 is 0 Å². The van der Waals surface area contributed by atoms with Crippen molar-refractivity contribution in [2.24, 2.45) is 23.2 Å². The van der Waals surface area contributed by atoms with Gasteiger partial charge in [0.05, 0.1) is 13.2 Å². The van der Waals surface area contributed by atoms with Crippen molar-refractivity contribution in [1.29, 1.82) is 0 Å². The third-order valence-electron chi connectivity index (χ3n) is 6.99. The summed E-state index contributed by atoms with van der Waals surface area (Å²) < 4.78 is 5.37. The summed E-state index contributed by atoms with van der Waals surface area (Å²) in [5.41, 5.74) is 0.421. The molecule has 0 aromatic heterocycles. The number of ether oxygens (including phenoxy) is 1. The van der Waals surface area contributed by atoms with Crippen molar-refractivity contribution >= 4 is 5.91 Å². The Hall–Kier alpha value is -0.610. The van der Waals surface area contributed by atoms with Crippen LogP contribution in [0.5, 0.6) is 0 Å². The first-order chi connectivity index (χ1) is 10.6. The lowest BCUT2D eigenvalue weighted by Crippen LogP contribution is -3.15. The molecule has 22 heavy (non-hydrogen) atoms. The molecule has 5 aliphatic rings. The molecule has 1 saturated heterocycles. The van der Waals surface area contributed by atoms with Gasteiger partial charge in [-0.2, -0.15) is 0 Å². The second-order valence-electron chi connectivity index (χ2n) is 8.61. The summed E-state index contributed by atoms with van der Waals surface area (Å²) in [6.45, 7) is 6.44. The Labute approximate surface area is 134 Å². The lowest BCUT2D eigenvalue weighted by Gasteiger charge is -2.59. The predicted octanol–water partition coefficient (Wildman–Crippen LogP) is 0.623. The van der Waals surface area contributed by atoms with Crippen LogP contribution in [0, 0.1) is 23.2 Å². The van der Waals surface area contributed by atoms with Gasteiger partial charge < -0.3 is 15.0 Å². The zero-order chi connectivity index (χ0) is 15.2. The molecule has 5 rings (SSSR count). The average Bonchev–Trinajstić information content (AvgIpc) is 2.46. The van der Waals surface area contributed by atoms with Crippen molar-refractivity contribution in [2.45, 2.75) is 51.5 Å². The Kier molecular flexibility index (Phi) is 3.93. The van der Waals surface area contributed by atoms with Crippen LogP contribution in [-0.2, 0) is 9.53 Å². The standard InChI is InChI=1S/C18H30N2O2/c1-13(19-17(21)12-20-2-4-22-5-3-20)18-9-14-6-15(10-18)8-16(7-14)11-18/h13-16H,2-12H2,1H3,(H,19,21)/p+1/t13-,14?,15?,16?,18?/m0/s1. The van der Waals surface area contributed by atoms with E-state index in [1.165, 1.54) is 43.4 Å². The fourth-order valence-corrected chi connectivity index (χ4v) is 6.22. The molecule has 5 fully saturated rings. The number of hydrogen-bond acceptors (Lipinski definition) is 2. The van der Waals surface area contributed by atoms with E-state index in [0.717, 1.165) is 44.1 Å². The van der Waals surface area contributed by atoms with Crippen LogP contribution in [-0.4, -0.2) is 44.8 Å². The van der Waals surface area contributed by atoms with E-state index < -0.39 is 0 Å². The first-order valence-corrected chi connectivity index (χ1v) is 9.34. The minimum atomic E-state index is 0.250. The van der Waals surface area contributed by atoms with Gasteiger partial charge in [-0.15, -0.1) is 0 Å². The lowest BCUT2D eigenvalue weighted by atomic mass is 9.48. The average molecular weight is 307 g/mol. The molecule has 1 heterocycles. The number of quaternary nitrogens is 1. The molecule has 4 saturated carbocycles. The molecule has 1 atom stereocenters. The first-order valence-electron chi connectivity index (χ1n) is 9.34. The maximum absolute atomic E-state index is 12.4. The van der Waals surface area contributed by atoms with E-state index in [2.05, 4.69) is 12.2 Å². The van der Waals surface area contributed by atoms with Crippen LogP contribution >= 0.6 is 0 Å². The lowest BCUT2D eigenvalue weighted by molar-refractivity contribution is -0.900. The summed E-state index contributed by atoms with van der Waals surface area (Å²) in [7, 11) is 0. The Morgan fingerprint density at radius 3 is 2.23 bits per heavy atom.